The Morgan fingerprint density at radius 1 is 1.00 bits per heavy atom. The van der Waals surface area contributed by atoms with Crippen LogP contribution in [0.15, 0.2) is 54.6 Å². The van der Waals surface area contributed by atoms with Crippen LogP contribution >= 0.6 is 0 Å². The number of anilines is 1. The predicted molar refractivity (Wildman–Crippen MR) is 111 cm³/mol. The van der Waals surface area contributed by atoms with E-state index in [-0.39, 0.29) is 5.91 Å². The summed E-state index contributed by atoms with van der Waals surface area (Å²) in [6.45, 7) is 7.41. The monoisotopic (exact) mass is 364 g/mol. The molecule has 1 heterocycles. The zero-order chi connectivity index (χ0) is 19.2. The van der Waals surface area contributed by atoms with Crippen molar-refractivity contribution in [2.45, 2.75) is 19.8 Å². The van der Waals surface area contributed by atoms with Gasteiger partial charge in [-0.1, -0.05) is 50.2 Å². The third kappa shape index (κ3) is 4.70. The lowest BCUT2D eigenvalue weighted by Gasteiger charge is -2.36. The molecule has 1 aliphatic rings. The lowest BCUT2D eigenvalue weighted by Crippen LogP contribution is -2.48. The second kappa shape index (κ2) is 8.76. The molecule has 1 aliphatic heterocycles. The van der Waals surface area contributed by atoms with E-state index in [9.17, 15) is 4.79 Å². The van der Waals surface area contributed by atoms with Crippen LogP contribution in [0.1, 0.15) is 30.9 Å². The largest absolute Gasteiger partial charge is 0.495 e. The first-order valence-electron chi connectivity index (χ1n) is 9.53. The summed E-state index contributed by atoms with van der Waals surface area (Å²) >= 11 is 0. The van der Waals surface area contributed by atoms with Gasteiger partial charge in [0.05, 0.1) is 12.8 Å². The van der Waals surface area contributed by atoms with Gasteiger partial charge in [0.25, 0.3) is 0 Å². The van der Waals surface area contributed by atoms with Gasteiger partial charge < -0.3 is 14.5 Å². The molecule has 142 valence electrons. The summed E-state index contributed by atoms with van der Waals surface area (Å²) in [4.78, 5) is 16.7. The maximum Gasteiger partial charge on any atom is 0.246 e. The van der Waals surface area contributed by atoms with Gasteiger partial charge in [0.15, 0.2) is 0 Å². The number of carbonyl (C=O) groups excluding carboxylic acids is 1. The Morgan fingerprint density at radius 3 is 2.30 bits per heavy atom. The summed E-state index contributed by atoms with van der Waals surface area (Å²) < 4.78 is 5.45. The highest BCUT2D eigenvalue weighted by molar-refractivity contribution is 5.92. The topological polar surface area (TPSA) is 32.8 Å². The molecule has 1 saturated heterocycles. The Labute approximate surface area is 162 Å². The highest BCUT2D eigenvalue weighted by Gasteiger charge is 2.21. The number of nitrogens with zero attached hydrogens (tertiary/aromatic N) is 2. The van der Waals surface area contributed by atoms with Gasteiger partial charge in [0.1, 0.15) is 5.75 Å². The molecule has 0 aliphatic carbocycles. The Hall–Kier alpha value is -2.75. The zero-order valence-corrected chi connectivity index (χ0v) is 16.4. The van der Waals surface area contributed by atoms with Crippen LogP contribution < -0.4 is 9.64 Å². The molecule has 1 amide bonds. The fraction of sp³-hybridized carbons (Fsp3) is 0.348. The Morgan fingerprint density at radius 2 is 1.67 bits per heavy atom. The average molecular weight is 364 g/mol. The molecule has 2 aromatic carbocycles. The van der Waals surface area contributed by atoms with Crippen LogP contribution in [0.3, 0.4) is 0 Å². The van der Waals surface area contributed by atoms with Crippen LogP contribution in [0.4, 0.5) is 5.69 Å². The second-order valence-corrected chi connectivity index (χ2v) is 7.14. The van der Waals surface area contributed by atoms with Crippen LogP contribution in [0.25, 0.3) is 6.08 Å². The molecule has 0 atom stereocenters. The fourth-order valence-electron chi connectivity index (χ4n) is 3.32. The number of carbonyl (C=O) groups is 1. The minimum atomic E-state index is 0.0719. The van der Waals surface area contributed by atoms with Crippen molar-refractivity contribution in [3.63, 3.8) is 0 Å². The molecular weight excluding hydrogens is 336 g/mol. The third-order valence-corrected chi connectivity index (χ3v) is 5.04. The molecule has 4 heteroatoms. The molecule has 2 aromatic rings. The van der Waals surface area contributed by atoms with Gasteiger partial charge in [-0.3, -0.25) is 4.79 Å². The molecule has 0 aromatic heterocycles. The van der Waals surface area contributed by atoms with Crippen molar-refractivity contribution >= 4 is 17.7 Å². The number of piperazine rings is 1. The molecule has 0 N–H and O–H groups in total. The Balaban J connectivity index is 1.56. The standard InChI is InChI=1S/C23H28N2O2/c1-18(2)20-11-8-19(9-12-20)10-13-23(26)25-16-14-24(15-17-25)21-6-4-5-7-22(21)27-3/h4-13,18H,14-17H2,1-3H3. The van der Waals surface area contributed by atoms with Crippen molar-refractivity contribution in [1.82, 2.24) is 4.90 Å². The number of methoxy groups -OCH3 is 1. The third-order valence-electron chi connectivity index (χ3n) is 5.04. The highest BCUT2D eigenvalue weighted by atomic mass is 16.5. The van der Waals surface area contributed by atoms with Crippen LogP contribution in [0.5, 0.6) is 5.75 Å². The van der Waals surface area contributed by atoms with Gasteiger partial charge in [-0.15, -0.1) is 0 Å². The van der Waals surface area contributed by atoms with E-state index < -0.39 is 0 Å². The molecule has 0 unspecified atom stereocenters. The summed E-state index contributed by atoms with van der Waals surface area (Å²) in [5.74, 6) is 1.47. The van der Waals surface area contributed by atoms with Gasteiger partial charge in [-0.25, -0.2) is 0 Å². The van der Waals surface area contributed by atoms with E-state index in [0.29, 0.717) is 19.0 Å². The SMILES string of the molecule is COc1ccccc1N1CCN(C(=O)C=Cc2ccc(C(C)C)cc2)CC1. The van der Waals surface area contributed by atoms with Crippen molar-refractivity contribution in [3.05, 3.63) is 65.7 Å². The van der Waals surface area contributed by atoms with E-state index in [1.807, 2.05) is 29.2 Å². The molecule has 0 spiro atoms. The van der Waals surface area contributed by atoms with Gasteiger partial charge in [-0.05, 0) is 35.3 Å². The number of para-hydroxylation sites is 2. The van der Waals surface area contributed by atoms with Gasteiger partial charge in [-0.2, -0.15) is 0 Å². The normalized spacial score (nSPS) is 14.8. The summed E-state index contributed by atoms with van der Waals surface area (Å²) in [6.07, 6.45) is 3.59. The minimum Gasteiger partial charge on any atom is -0.495 e. The van der Waals surface area contributed by atoms with Crippen molar-refractivity contribution in [2.24, 2.45) is 0 Å². The van der Waals surface area contributed by atoms with Crippen molar-refractivity contribution in [1.29, 1.82) is 0 Å². The molecule has 3 rings (SSSR count). The molecule has 4 nitrogen and oxygen atoms in total. The Kier molecular flexibility index (Phi) is 6.17. The first kappa shape index (κ1) is 19.0. The summed E-state index contributed by atoms with van der Waals surface area (Å²) in [5.41, 5.74) is 3.46. The Bertz CT molecular complexity index is 788. The number of hydrogen-bond acceptors (Lipinski definition) is 3. The quantitative estimate of drug-likeness (QED) is 0.746. The first-order valence-corrected chi connectivity index (χ1v) is 9.53. The van der Waals surface area contributed by atoms with E-state index in [1.165, 1.54) is 5.56 Å². The van der Waals surface area contributed by atoms with Gasteiger partial charge in [0.2, 0.25) is 5.91 Å². The molecule has 27 heavy (non-hydrogen) atoms. The average Bonchev–Trinajstić information content (AvgIpc) is 2.72. The fourth-order valence-corrected chi connectivity index (χ4v) is 3.32. The minimum absolute atomic E-state index is 0.0719. The van der Waals surface area contributed by atoms with E-state index >= 15 is 0 Å². The van der Waals surface area contributed by atoms with E-state index in [0.717, 1.165) is 30.1 Å². The molecular formula is C23H28N2O2. The zero-order valence-electron chi connectivity index (χ0n) is 16.4. The maximum atomic E-state index is 12.5. The molecule has 1 fully saturated rings. The van der Waals surface area contributed by atoms with Crippen LogP contribution in [0.2, 0.25) is 0 Å². The number of ether oxygens (including phenoxy) is 1. The number of amides is 1. The second-order valence-electron chi connectivity index (χ2n) is 7.14. The number of rotatable bonds is 5. The number of hydrogen-bond donors (Lipinski definition) is 0. The van der Waals surface area contributed by atoms with E-state index in [4.69, 9.17) is 4.74 Å². The lowest BCUT2D eigenvalue weighted by molar-refractivity contribution is -0.126. The predicted octanol–water partition coefficient (Wildman–Crippen LogP) is 4.18. The van der Waals surface area contributed by atoms with Crippen molar-refractivity contribution in [2.75, 3.05) is 38.2 Å². The molecule has 0 radical (unpaired) electrons. The van der Waals surface area contributed by atoms with Crippen molar-refractivity contribution in [3.8, 4) is 5.75 Å². The summed E-state index contributed by atoms with van der Waals surface area (Å²) in [5, 5.41) is 0. The molecule has 0 saturated carbocycles. The van der Waals surface area contributed by atoms with Crippen LogP contribution in [-0.4, -0.2) is 44.1 Å². The highest BCUT2D eigenvalue weighted by Crippen LogP contribution is 2.28. The van der Waals surface area contributed by atoms with E-state index in [2.05, 4.69) is 49.1 Å². The summed E-state index contributed by atoms with van der Waals surface area (Å²) in [7, 11) is 1.69. The van der Waals surface area contributed by atoms with Gasteiger partial charge in [0, 0.05) is 32.3 Å². The van der Waals surface area contributed by atoms with Crippen molar-refractivity contribution < 1.29 is 9.53 Å². The van der Waals surface area contributed by atoms with E-state index in [1.54, 1.807) is 13.2 Å². The maximum absolute atomic E-state index is 12.5. The summed E-state index contributed by atoms with van der Waals surface area (Å²) in [6, 6.07) is 16.4. The molecule has 0 bridgehead atoms. The van der Waals surface area contributed by atoms with Crippen LogP contribution in [-0.2, 0) is 4.79 Å². The lowest BCUT2D eigenvalue weighted by atomic mass is 10.0. The van der Waals surface area contributed by atoms with Crippen LogP contribution in [0, 0.1) is 0 Å². The first-order chi connectivity index (χ1) is 13.1. The number of benzene rings is 2. The smallest absolute Gasteiger partial charge is 0.246 e. The van der Waals surface area contributed by atoms with Gasteiger partial charge >= 0.3 is 0 Å².